The summed E-state index contributed by atoms with van der Waals surface area (Å²) in [5, 5.41) is 3.36. The van der Waals surface area contributed by atoms with E-state index in [0.29, 0.717) is 17.7 Å². The molecule has 0 aliphatic carbocycles. The van der Waals surface area contributed by atoms with Crippen LogP contribution in [0.2, 0.25) is 0 Å². The molecule has 0 radical (unpaired) electrons. The van der Waals surface area contributed by atoms with Crippen molar-refractivity contribution in [3.63, 3.8) is 0 Å². The summed E-state index contributed by atoms with van der Waals surface area (Å²) >= 11 is 0. The van der Waals surface area contributed by atoms with Gasteiger partial charge in [-0.3, -0.25) is 4.79 Å². The first kappa shape index (κ1) is 13.5. The molecule has 94 valence electrons. The number of nitrogens with one attached hydrogen (secondary N) is 1. The fourth-order valence-corrected chi connectivity index (χ4v) is 2.20. The lowest BCUT2D eigenvalue weighted by Gasteiger charge is -2.26. The lowest BCUT2D eigenvalue weighted by Crippen LogP contribution is -2.36. The average Bonchev–Trinajstić information content (AvgIpc) is 2.30. The maximum atomic E-state index is 12.0. The maximum Gasteiger partial charge on any atom is 0.222 e. The Labute approximate surface area is 99.6 Å². The van der Waals surface area contributed by atoms with Crippen LogP contribution in [0, 0.1) is 11.8 Å². The van der Waals surface area contributed by atoms with E-state index in [1.165, 1.54) is 12.8 Å². The predicted molar refractivity (Wildman–Crippen MR) is 67.3 cm³/mol. The Morgan fingerprint density at radius 2 is 2.31 bits per heavy atom. The van der Waals surface area contributed by atoms with Gasteiger partial charge in [0.1, 0.15) is 0 Å². The molecule has 3 heteroatoms. The minimum atomic E-state index is 0.314. The van der Waals surface area contributed by atoms with E-state index in [9.17, 15) is 4.79 Å². The molecule has 1 saturated heterocycles. The summed E-state index contributed by atoms with van der Waals surface area (Å²) in [7, 11) is 1.94. The Balaban J connectivity index is 2.27. The predicted octanol–water partition coefficient (Wildman–Crippen LogP) is 1.88. The molecule has 1 rings (SSSR count). The fraction of sp³-hybridized carbons (Fsp3) is 0.923. The number of amides is 1. The highest BCUT2D eigenvalue weighted by molar-refractivity contribution is 5.76. The second kappa shape index (κ2) is 6.89. The van der Waals surface area contributed by atoms with Crippen LogP contribution < -0.4 is 5.32 Å². The minimum Gasteiger partial charge on any atom is -0.345 e. The zero-order valence-electron chi connectivity index (χ0n) is 11.0. The van der Waals surface area contributed by atoms with Crippen LogP contribution in [0.15, 0.2) is 0 Å². The van der Waals surface area contributed by atoms with Crippen LogP contribution in [0.5, 0.6) is 0 Å². The smallest absolute Gasteiger partial charge is 0.222 e. The van der Waals surface area contributed by atoms with Crippen molar-refractivity contribution in [2.75, 3.05) is 26.7 Å². The molecule has 0 aromatic rings. The molecule has 0 bridgehead atoms. The van der Waals surface area contributed by atoms with Gasteiger partial charge in [0.2, 0.25) is 5.91 Å². The first-order valence-electron chi connectivity index (χ1n) is 6.58. The monoisotopic (exact) mass is 226 g/mol. The third-order valence-electron chi connectivity index (χ3n) is 3.57. The van der Waals surface area contributed by atoms with Gasteiger partial charge in [-0.2, -0.15) is 0 Å². The van der Waals surface area contributed by atoms with Crippen molar-refractivity contribution >= 4 is 5.91 Å². The number of rotatable bonds is 5. The topological polar surface area (TPSA) is 32.3 Å². The van der Waals surface area contributed by atoms with Crippen molar-refractivity contribution < 1.29 is 4.79 Å². The number of piperidine rings is 1. The summed E-state index contributed by atoms with van der Waals surface area (Å²) in [5.41, 5.74) is 0. The van der Waals surface area contributed by atoms with E-state index in [0.717, 1.165) is 32.5 Å². The first-order valence-corrected chi connectivity index (χ1v) is 6.58. The SMILES string of the molecule is CCC(C)CN(C)C(=O)CC1CCCNC1. The van der Waals surface area contributed by atoms with Gasteiger partial charge in [-0.1, -0.05) is 20.3 Å². The summed E-state index contributed by atoms with van der Waals surface area (Å²) in [5.74, 6) is 1.48. The Bertz CT molecular complexity index is 212. The zero-order valence-corrected chi connectivity index (χ0v) is 11.0. The van der Waals surface area contributed by atoms with Gasteiger partial charge >= 0.3 is 0 Å². The largest absolute Gasteiger partial charge is 0.345 e. The molecule has 1 heterocycles. The third kappa shape index (κ3) is 4.52. The van der Waals surface area contributed by atoms with Gasteiger partial charge in [-0.25, -0.2) is 0 Å². The van der Waals surface area contributed by atoms with E-state index in [2.05, 4.69) is 19.2 Å². The molecule has 1 fully saturated rings. The molecule has 3 nitrogen and oxygen atoms in total. The van der Waals surface area contributed by atoms with E-state index >= 15 is 0 Å². The van der Waals surface area contributed by atoms with Crippen molar-refractivity contribution in [2.45, 2.75) is 39.5 Å². The number of carbonyl (C=O) groups is 1. The van der Waals surface area contributed by atoms with E-state index in [1.54, 1.807) is 0 Å². The maximum absolute atomic E-state index is 12.0. The number of carbonyl (C=O) groups excluding carboxylic acids is 1. The molecule has 2 atom stereocenters. The second-order valence-corrected chi connectivity index (χ2v) is 5.20. The van der Waals surface area contributed by atoms with Crippen molar-refractivity contribution in [1.29, 1.82) is 0 Å². The van der Waals surface area contributed by atoms with Gasteiger partial charge in [0.15, 0.2) is 0 Å². The number of nitrogens with zero attached hydrogens (tertiary/aromatic N) is 1. The fourth-order valence-electron chi connectivity index (χ4n) is 2.20. The molecule has 1 aliphatic rings. The molecule has 16 heavy (non-hydrogen) atoms. The van der Waals surface area contributed by atoms with Crippen LogP contribution in [-0.4, -0.2) is 37.5 Å². The lowest BCUT2D eigenvalue weighted by molar-refractivity contribution is -0.131. The standard InChI is InChI=1S/C13H26N2O/c1-4-11(2)10-15(3)13(16)8-12-6-5-7-14-9-12/h11-12,14H,4-10H2,1-3H3. The van der Waals surface area contributed by atoms with Crippen LogP contribution >= 0.6 is 0 Å². The highest BCUT2D eigenvalue weighted by Crippen LogP contribution is 2.15. The normalized spacial score (nSPS) is 22.8. The molecule has 1 aliphatic heterocycles. The van der Waals surface area contributed by atoms with Gasteiger partial charge in [0.25, 0.3) is 0 Å². The van der Waals surface area contributed by atoms with Gasteiger partial charge in [0, 0.05) is 20.0 Å². The number of hydrogen-bond acceptors (Lipinski definition) is 2. The molecule has 0 aromatic carbocycles. The van der Waals surface area contributed by atoms with E-state index in [-0.39, 0.29) is 0 Å². The molecule has 0 saturated carbocycles. The Hall–Kier alpha value is -0.570. The van der Waals surface area contributed by atoms with Gasteiger partial charge in [-0.15, -0.1) is 0 Å². The highest BCUT2D eigenvalue weighted by Gasteiger charge is 2.19. The van der Waals surface area contributed by atoms with Crippen LogP contribution in [0.3, 0.4) is 0 Å². The van der Waals surface area contributed by atoms with E-state index in [4.69, 9.17) is 0 Å². The van der Waals surface area contributed by atoms with Crippen molar-refractivity contribution in [3.05, 3.63) is 0 Å². The van der Waals surface area contributed by atoms with Crippen LogP contribution in [0.25, 0.3) is 0 Å². The van der Waals surface area contributed by atoms with Gasteiger partial charge < -0.3 is 10.2 Å². The second-order valence-electron chi connectivity index (χ2n) is 5.20. The molecule has 1 amide bonds. The Morgan fingerprint density at radius 1 is 1.56 bits per heavy atom. The van der Waals surface area contributed by atoms with E-state index in [1.807, 2.05) is 11.9 Å². The van der Waals surface area contributed by atoms with Crippen LogP contribution in [-0.2, 0) is 4.79 Å². The molecular formula is C13H26N2O. The summed E-state index contributed by atoms with van der Waals surface area (Å²) in [6.07, 6.45) is 4.28. The quantitative estimate of drug-likeness (QED) is 0.776. The number of hydrogen-bond donors (Lipinski definition) is 1. The van der Waals surface area contributed by atoms with Gasteiger partial charge in [-0.05, 0) is 37.8 Å². The van der Waals surface area contributed by atoms with Crippen LogP contribution in [0.4, 0.5) is 0 Å². The summed E-state index contributed by atoms with van der Waals surface area (Å²) < 4.78 is 0. The summed E-state index contributed by atoms with van der Waals surface area (Å²) in [4.78, 5) is 13.9. The average molecular weight is 226 g/mol. The third-order valence-corrected chi connectivity index (χ3v) is 3.57. The van der Waals surface area contributed by atoms with Crippen molar-refractivity contribution in [2.24, 2.45) is 11.8 Å². The lowest BCUT2D eigenvalue weighted by atomic mass is 9.95. The molecule has 2 unspecified atom stereocenters. The Kier molecular flexibility index (Phi) is 5.81. The van der Waals surface area contributed by atoms with Gasteiger partial charge in [0.05, 0.1) is 0 Å². The molecule has 0 aromatic heterocycles. The van der Waals surface area contributed by atoms with E-state index < -0.39 is 0 Å². The van der Waals surface area contributed by atoms with Crippen LogP contribution in [0.1, 0.15) is 39.5 Å². The highest BCUT2D eigenvalue weighted by atomic mass is 16.2. The first-order chi connectivity index (χ1) is 7.63. The minimum absolute atomic E-state index is 0.314. The van der Waals surface area contributed by atoms with Crippen molar-refractivity contribution in [1.82, 2.24) is 10.2 Å². The molecule has 0 spiro atoms. The molecular weight excluding hydrogens is 200 g/mol. The molecule has 1 N–H and O–H groups in total. The van der Waals surface area contributed by atoms with Crippen molar-refractivity contribution in [3.8, 4) is 0 Å². The summed E-state index contributed by atoms with van der Waals surface area (Å²) in [6.45, 7) is 7.41. The summed E-state index contributed by atoms with van der Waals surface area (Å²) in [6, 6.07) is 0. The zero-order chi connectivity index (χ0) is 12.0. The Morgan fingerprint density at radius 3 is 2.88 bits per heavy atom.